The van der Waals surface area contributed by atoms with Gasteiger partial charge in [-0.3, -0.25) is 9.59 Å². The Morgan fingerprint density at radius 2 is 1.55 bits per heavy atom. The van der Waals surface area contributed by atoms with Crippen LogP contribution in [0.1, 0.15) is 12.8 Å². The first kappa shape index (κ1) is 13.1. The summed E-state index contributed by atoms with van der Waals surface area (Å²) < 4.78 is 0. The maximum absolute atomic E-state index is 12.9. The lowest BCUT2D eigenvalue weighted by Crippen LogP contribution is -2.34. The number of fused-ring (bicyclic) bond motifs is 3. The summed E-state index contributed by atoms with van der Waals surface area (Å²) in [5.74, 6) is -0.0228. The lowest BCUT2D eigenvalue weighted by Gasteiger charge is -2.22. The van der Waals surface area contributed by atoms with Gasteiger partial charge in [0, 0.05) is 0 Å². The van der Waals surface area contributed by atoms with E-state index in [0.717, 1.165) is 12.8 Å². The number of anilines is 1. The van der Waals surface area contributed by atoms with Gasteiger partial charge in [0.05, 0.1) is 27.6 Å². The van der Waals surface area contributed by atoms with Gasteiger partial charge in [0.2, 0.25) is 11.8 Å². The van der Waals surface area contributed by atoms with Gasteiger partial charge in [0.25, 0.3) is 0 Å². The normalized spacial score (nSPS) is 36.5. The van der Waals surface area contributed by atoms with Gasteiger partial charge in [-0.15, -0.1) is 0 Å². The molecule has 5 heteroatoms. The van der Waals surface area contributed by atoms with E-state index < -0.39 is 0 Å². The Hall–Kier alpha value is -1.32. The van der Waals surface area contributed by atoms with E-state index in [0.29, 0.717) is 15.7 Å². The van der Waals surface area contributed by atoms with Crippen molar-refractivity contribution in [1.82, 2.24) is 0 Å². The smallest absolute Gasteiger partial charge is 0.238 e. The lowest BCUT2D eigenvalue weighted by molar-refractivity contribution is -0.123. The van der Waals surface area contributed by atoms with E-state index in [-0.39, 0.29) is 40.9 Å². The third-order valence-electron chi connectivity index (χ3n) is 6.01. The van der Waals surface area contributed by atoms with Crippen LogP contribution >= 0.6 is 23.2 Å². The molecule has 22 heavy (non-hydrogen) atoms. The molecule has 1 saturated heterocycles. The molecule has 4 aliphatic rings. The molecule has 1 aromatic rings. The molecular formula is C17H13Cl2NO2. The van der Waals surface area contributed by atoms with E-state index in [1.165, 1.54) is 4.90 Å². The fourth-order valence-electron chi connectivity index (χ4n) is 4.96. The monoisotopic (exact) mass is 333 g/mol. The molecule has 2 amide bonds. The number of carbonyl (C=O) groups excluding carboxylic acids is 2. The molecule has 0 unspecified atom stereocenters. The van der Waals surface area contributed by atoms with Crippen LogP contribution in [0.4, 0.5) is 5.69 Å². The summed E-state index contributed by atoms with van der Waals surface area (Å²) in [5.41, 5.74) is 0.757. The molecule has 112 valence electrons. The molecule has 0 N–H and O–H groups in total. The summed E-state index contributed by atoms with van der Waals surface area (Å²) in [6, 6.07) is 4.92. The molecule has 5 rings (SSSR count). The summed E-state index contributed by atoms with van der Waals surface area (Å²) in [7, 11) is 0. The van der Waals surface area contributed by atoms with Crippen LogP contribution in [0.25, 0.3) is 0 Å². The van der Waals surface area contributed by atoms with Gasteiger partial charge in [-0.1, -0.05) is 35.4 Å². The summed E-state index contributed by atoms with van der Waals surface area (Å²) in [5, 5.41) is 0.778. The minimum Gasteiger partial charge on any atom is -0.274 e. The van der Waals surface area contributed by atoms with Crippen LogP contribution in [0.3, 0.4) is 0 Å². The van der Waals surface area contributed by atoms with Gasteiger partial charge in [-0.05, 0) is 48.3 Å². The largest absolute Gasteiger partial charge is 0.274 e. The molecule has 3 nitrogen and oxygen atoms in total. The fourth-order valence-corrected chi connectivity index (χ4v) is 5.25. The van der Waals surface area contributed by atoms with Crippen molar-refractivity contribution < 1.29 is 9.59 Å². The van der Waals surface area contributed by atoms with Crippen molar-refractivity contribution in [3.63, 3.8) is 0 Å². The van der Waals surface area contributed by atoms with E-state index in [1.807, 2.05) is 0 Å². The Kier molecular flexibility index (Phi) is 2.36. The van der Waals surface area contributed by atoms with Gasteiger partial charge in [-0.2, -0.15) is 0 Å². The summed E-state index contributed by atoms with van der Waals surface area (Å²) in [6.45, 7) is 0. The van der Waals surface area contributed by atoms with Crippen LogP contribution in [0.15, 0.2) is 30.4 Å². The predicted octanol–water partition coefficient (Wildman–Crippen LogP) is 3.70. The zero-order chi connectivity index (χ0) is 15.2. The Morgan fingerprint density at radius 1 is 0.955 bits per heavy atom. The second-order valence-electron chi connectivity index (χ2n) is 6.83. The molecule has 1 aromatic carbocycles. The Balaban J connectivity index is 1.57. The number of amides is 2. The molecule has 2 saturated carbocycles. The molecule has 4 atom stereocenters. The number of halogens is 2. The average molecular weight is 334 g/mol. The van der Waals surface area contributed by atoms with Gasteiger partial charge in [0.1, 0.15) is 0 Å². The molecule has 3 aliphatic carbocycles. The Bertz CT molecular complexity index is 734. The lowest BCUT2D eigenvalue weighted by atomic mass is 9.85. The summed E-state index contributed by atoms with van der Waals surface area (Å²) >= 11 is 12.0. The van der Waals surface area contributed by atoms with Crippen molar-refractivity contribution in [2.24, 2.45) is 29.1 Å². The molecule has 1 spiro atoms. The highest BCUT2D eigenvalue weighted by Crippen LogP contribution is 2.73. The second kappa shape index (κ2) is 3.95. The van der Waals surface area contributed by atoms with Crippen molar-refractivity contribution in [3.8, 4) is 0 Å². The highest BCUT2D eigenvalue weighted by Gasteiger charge is 2.73. The van der Waals surface area contributed by atoms with Crippen molar-refractivity contribution in [3.05, 3.63) is 40.4 Å². The number of hydrogen-bond donors (Lipinski definition) is 0. The molecule has 1 heterocycles. The number of hydrogen-bond acceptors (Lipinski definition) is 2. The summed E-state index contributed by atoms with van der Waals surface area (Å²) in [4.78, 5) is 27.1. The standard InChI is InChI=1S/C17H13Cl2NO2/c18-11-4-1-8(7-12(11)19)20-15(21)13-9-2-3-10(14(13)16(20)22)17(9)5-6-17/h1-4,7,9-10,13-14H,5-6H2/t9-,10+,13+,14-. The summed E-state index contributed by atoms with van der Waals surface area (Å²) in [6.07, 6.45) is 6.63. The minimum atomic E-state index is -0.181. The number of nitrogens with zero attached hydrogens (tertiary/aromatic N) is 1. The van der Waals surface area contributed by atoms with Crippen molar-refractivity contribution in [1.29, 1.82) is 0 Å². The van der Waals surface area contributed by atoms with Gasteiger partial charge in [-0.25, -0.2) is 4.90 Å². The first-order chi connectivity index (χ1) is 10.5. The van der Waals surface area contributed by atoms with Gasteiger partial charge in [0.15, 0.2) is 0 Å². The third-order valence-corrected chi connectivity index (χ3v) is 6.75. The minimum absolute atomic E-state index is 0.0727. The first-order valence-corrected chi connectivity index (χ1v) is 8.31. The molecule has 1 aliphatic heterocycles. The predicted molar refractivity (Wildman–Crippen MR) is 83.7 cm³/mol. The van der Waals surface area contributed by atoms with Crippen LogP contribution in [0.2, 0.25) is 10.0 Å². The molecule has 0 radical (unpaired) electrons. The molecule has 0 aromatic heterocycles. The first-order valence-electron chi connectivity index (χ1n) is 7.56. The maximum Gasteiger partial charge on any atom is 0.238 e. The van der Waals surface area contributed by atoms with Gasteiger partial charge < -0.3 is 0 Å². The van der Waals surface area contributed by atoms with Gasteiger partial charge >= 0.3 is 0 Å². The van der Waals surface area contributed by atoms with Crippen LogP contribution in [0.5, 0.6) is 0 Å². The molecular weight excluding hydrogens is 321 g/mol. The highest BCUT2D eigenvalue weighted by molar-refractivity contribution is 6.42. The van der Waals surface area contributed by atoms with Crippen molar-refractivity contribution in [2.75, 3.05) is 4.90 Å². The van der Waals surface area contributed by atoms with Crippen LogP contribution < -0.4 is 4.90 Å². The molecule has 2 bridgehead atoms. The van der Waals surface area contributed by atoms with Crippen LogP contribution in [-0.4, -0.2) is 11.8 Å². The highest BCUT2D eigenvalue weighted by atomic mass is 35.5. The average Bonchev–Trinajstić information content (AvgIpc) is 3.08. The Labute approximate surface area is 137 Å². The SMILES string of the molecule is O=C1[C@@H]2[C@H](C(=O)N1c1ccc(Cl)c(Cl)c1)[C@@H]1C=C[C@H]2C12CC2. The van der Waals surface area contributed by atoms with E-state index >= 15 is 0 Å². The zero-order valence-electron chi connectivity index (χ0n) is 11.6. The topological polar surface area (TPSA) is 37.4 Å². The maximum atomic E-state index is 12.9. The van der Waals surface area contributed by atoms with Crippen molar-refractivity contribution >= 4 is 40.7 Å². The van der Waals surface area contributed by atoms with Crippen LogP contribution in [-0.2, 0) is 9.59 Å². The third kappa shape index (κ3) is 1.35. The Morgan fingerprint density at radius 3 is 2.05 bits per heavy atom. The quantitative estimate of drug-likeness (QED) is 0.580. The van der Waals surface area contributed by atoms with E-state index in [4.69, 9.17) is 23.2 Å². The number of carbonyl (C=O) groups is 2. The zero-order valence-corrected chi connectivity index (χ0v) is 13.1. The number of rotatable bonds is 1. The molecule has 3 fully saturated rings. The van der Waals surface area contributed by atoms with Crippen LogP contribution in [0, 0.1) is 29.1 Å². The second-order valence-corrected chi connectivity index (χ2v) is 7.65. The number of benzene rings is 1. The van der Waals surface area contributed by atoms with Crippen molar-refractivity contribution in [2.45, 2.75) is 12.8 Å². The number of allylic oxidation sites excluding steroid dienone is 2. The van der Waals surface area contributed by atoms with E-state index in [2.05, 4.69) is 12.2 Å². The van der Waals surface area contributed by atoms with E-state index in [1.54, 1.807) is 18.2 Å². The fraction of sp³-hybridized carbons (Fsp3) is 0.412. The number of imide groups is 1. The van der Waals surface area contributed by atoms with E-state index in [9.17, 15) is 9.59 Å².